The van der Waals surface area contributed by atoms with E-state index in [2.05, 4.69) is 13.8 Å². The molecular formula is C32H52O6. The Morgan fingerprint density at radius 2 is 0.737 bits per heavy atom. The molecule has 216 valence electrons. The lowest BCUT2D eigenvalue weighted by atomic mass is 9.75. The van der Waals surface area contributed by atoms with Crippen LogP contribution in [0.2, 0.25) is 0 Å². The summed E-state index contributed by atoms with van der Waals surface area (Å²) in [6.45, 7) is 5.90. The Bertz CT molecular complexity index is 688. The third kappa shape index (κ3) is 9.97. The molecule has 38 heavy (non-hydrogen) atoms. The van der Waals surface area contributed by atoms with Gasteiger partial charge in [0.2, 0.25) is 0 Å². The highest BCUT2D eigenvalue weighted by atomic mass is 16.5. The molecule has 0 unspecified atom stereocenters. The SMILES string of the molecule is CCCCOC1CCC(C(=O)CC(=O)C2CCC(C(=O)CC(=O)C3CCC(OCCCC)CC3)CC2)CC1. The zero-order valence-electron chi connectivity index (χ0n) is 24.1. The maximum absolute atomic E-state index is 12.9. The molecule has 0 saturated heterocycles. The molecule has 0 aromatic rings. The minimum absolute atomic E-state index is 0.00752. The summed E-state index contributed by atoms with van der Waals surface area (Å²) in [4.78, 5) is 51.3. The summed E-state index contributed by atoms with van der Waals surface area (Å²) in [5.74, 6) is 0.0459. The Balaban J connectivity index is 1.31. The van der Waals surface area contributed by atoms with Crippen molar-refractivity contribution in [3.63, 3.8) is 0 Å². The van der Waals surface area contributed by atoms with Crippen LogP contribution in [0, 0.1) is 23.7 Å². The standard InChI is InChI=1S/C32H52O6/c1-3-5-19-37-27-15-11-25(12-16-27)31(35)21-29(33)23-7-9-24(10-8-23)30(34)22-32(36)26-13-17-28(18-14-26)38-20-6-4-2/h23-28H,3-22H2,1-2H3. The van der Waals surface area contributed by atoms with Gasteiger partial charge < -0.3 is 9.47 Å². The second-order valence-corrected chi connectivity index (χ2v) is 12.2. The first-order valence-electron chi connectivity index (χ1n) is 15.7. The van der Waals surface area contributed by atoms with Crippen LogP contribution in [0.25, 0.3) is 0 Å². The van der Waals surface area contributed by atoms with Crippen molar-refractivity contribution in [2.24, 2.45) is 23.7 Å². The van der Waals surface area contributed by atoms with Crippen molar-refractivity contribution < 1.29 is 28.7 Å². The summed E-state index contributed by atoms with van der Waals surface area (Å²) in [5, 5.41) is 0. The lowest BCUT2D eigenvalue weighted by molar-refractivity contribution is -0.136. The van der Waals surface area contributed by atoms with Crippen LogP contribution < -0.4 is 0 Å². The van der Waals surface area contributed by atoms with E-state index in [9.17, 15) is 19.2 Å². The average Bonchev–Trinajstić information content (AvgIpc) is 2.94. The summed E-state index contributed by atoms with van der Waals surface area (Å²) in [7, 11) is 0. The maximum Gasteiger partial charge on any atom is 0.143 e. The largest absolute Gasteiger partial charge is 0.378 e. The van der Waals surface area contributed by atoms with E-state index in [1.165, 1.54) is 0 Å². The van der Waals surface area contributed by atoms with Crippen molar-refractivity contribution in [3.8, 4) is 0 Å². The van der Waals surface area contributed by atoms with Gasteiger partial charge in [-0.1, -0.05) is 26.7 Å². The molecular weight excluding hydrogens is 480 g/mol. The van der Waals surface area contributed by atoms with E-state index in [1.807, 2.05) is 0 Å². The van der Waals surface area contributed by atoms with E-state index in [-0.39, 0.29) is 71.9 Å². The Morgan fingerprint density at radius 1 is 0.474 bits per heavy atom. The fraction of sp³-hybridized carbons (Fsp3) is 0.875. The fourth-order valence-corrected chi connectivity index (χ4v) is 6.55. The molecule has 0 atom stereocenters. The topological polar surface area (TPSA) is 86.7 Å². The smallest absolute Gasteiger partial charge is 0.143 e. The first kappa shape index (κ1) is 31.1. The predicted molar refractivity (Wildman–Crippen MR) is 148 cm³/mol. The van der Waals surface area contributed by atoms with Gasteiger partial charge in [0.25, 0.3) is 0 Å². The molecule has 3 rings (SSSR count). The van der Waals surface area contributed by atoms with Gasteiger partial charge in [-0.3, -0.25) is 19.2 Å². The monoisotopic (exact) mass is 532 g/mol. The molecule has 3 aliphatic rings. The number of ether oxygens (including phenoxy) is 2. The first-order valence-corrected chi connectivity index (χ1v) is 15.7. The number of rotatable bonds is 16. The highest BCUT2D eigenvalue weighted by Gasteiger charge is 2.35. The van der Waals surface area contributed by atoms with Gasteiger partial charge in [0, 0.05) is 36.9 Å². The minimum Gasteiger partial charge on any atom is -0.378 e. The van der Waals surface area contributed by atoms with E-state index < -0.39 is 0 Å². The fourth-order valence-electron chi connectivity index (χ4n) is 6.55. The third-order valence-electron chi connectivity index (χ3n) is 9.30. The Labute approximate surface area is 230 Å². The van der Waals surface area contributed by atoms with E-state index in [4.69, 9.17) is 9.47 Å². The van der Waals surface area contributed by atoms with Crippen molar-refractivity contribution in [1.82, 2.24) is 0 Å². The van der Waals surface area contributed by atoms with Gasteiger partial charge in [-0.05, 0) is 89.9 Å². The zero-order valence-corrected chi connectivity index (χ0v) is 24.1. The number of ketones is 4. The van der Waals surface area contributed by atoms with E-state index in [0.29, 0.717) is 25.7 Å². The lowest BCUT2D eigenvalue weighted by Crippen LogP contribution is -2.32. The highest BCUT2D eigenvalue weighted by Crippen LogP contribution is 2.34. The molecule has 6 heteroatoms. The molecule has 0 aromatic heterocycles. The van der Waals surface area contributed by atoms with Crippen molar-refractivity contribution in [2.45, 2.75) is 142 Å². The van der Waals surface area contributed by atoms with Gasteiger partial charge in [-0.2, -0.15) is 0 Å². The molecule has 0 N–H and O–H groups in total. The molecule has 0 aromatic carbocycles. The van der Waals surface area contributed by atoms with Gasteiger partial charge in [0.05, 0.1) is 25.0 Å². The molecule has 0 spiro atoms. The predicted octanol–water partition coefficient (Wildman–Crippen LogP) is 6.60. The normalized spacial score (nSPS) is 30.1. The number of unbranched alkanes of at least 4 members (excludes halogenated alkanes) is 2. The first-order chi connectivity index (χ1) is 18.4. The Hall–Kier alpha value is -1.40. The van der Waals surface area contributed by atoms with Gasteiger partial charge in [0.1, 0.15) is 23.1 Å². The second kappa shape index (κ2) is 16.6. The lowest BCUT2D eigenvalue weighted by Gasteiger charge is -2.30. The number of hydrogen-bond acceptors (Lipinski definition) is 6. The summed E-state index contributed by atoms with van der Waals surface area (Å²) in [6, 6.07) is 0. The third-order valence-corrected chi connectivity index (χ3v) is 9.30. The molecule has 0 aliphatic heterocycles. The van der Waals surface area contributed by atoms with Crippen LogP contribution in [-0.2, 0) is 28.7 Å². The summed E-state index contributed by atoms with van der Waals surface area (Å²) in [5.41, 5.74) is 0. The molecule has 6 nitrogen and oxygen atoms in total. The molecule has 3 fully saturated rings. The number of carbonyl (C=O) groups excluding carboxylic acids is 4. The summed E-state index contributed by atoms with van der Waals surface area (Å²) >= 11 is 0. The summed E-state index contributed by atoms with van der Waals surface area (Å²) < 4.78 is 11.8. The molecule has 3 saturated carbocycles. The van der Waals surface area contributed by atoms with Crippen LogP contribution >= 0.6 is 0 Å². The Morgan fingerprint density at radius 3 is 1.00 bits per heavy atom. The molecule has 3 aliphatic carbocycles. The van der Waals surface area contributed by atoms with Crippen molar-refractivity contribution in [1.29, 1.82) is 0 Å². The molecule has 0 bridgehead atoms. The highest BCUT2D eigenvalue weighted by molar-refractivity contribution is 6.02. The van der Waals surface area contributed by atoms with Crippen LogP contribution in [0.1, 0.15) is 129 Å². The van der Waals surface area contributed by atoms with Crippen LogP contribution in [0.4, 0.5) is 0 Å². The van der Waals surface area contributed by atoms with Crippen LogP contribution in [0.5, 0.6) is 0 Å². The zero-order chi connectivity index (χ0) is 27.3. The number of hydrogen-bond donors (Lipinski definition) is 0. The van der Waals surface area contributed by atoms with Gasteiger partial charge in [0.15, 0.2) is 0 Å². The second-order valence-electron chi connectivity index (χ2n) is 12.2. The quantitative estimate of drug-likeness (QED) is 0.164. The molecule has 0 amide bonds. The van der Waals surface area contributed by atoms with E-state index >= 15 is 0 Å². The molecule has 0 heterocycles. The van der Waals surface area contributed by atoms with E-state index in [1.54, 1.807) is 0 Å². The number of carbonyl (C=O) groups is 4. The summed E-state index contributed by atoms with van der Waals surface area (Å²) in [6.07, 6.45) is 14.6. The molecule has 0 radical (unpaired) electrons. The minimum atomic E-state index is -0.115. The van der Waals surface area contributed by atoms with Crippen LogP contribution in [0.3, 0.4) is 0 Å². The van der Waals surface area contributed by atoms with Crippen LogP contribution in [-0.4, -0.2) is 48.6 Å². The van der Waals surface area contributed by atoms with Crippen LogP contribution in [0.15, 0.2) is 0 Å². The van der Waals surface area contributed by atoms with Crippen molar-refractivity contribution >= 4 is 23.1 Å². The maximum atomic E-state index is 12.9. The van der Waals surface area contributed by atoms with Crippen molar-refractivity contribution in [2.75, 3.05) is 13.2 Å². The van der Waals surface area contributed by atoms with Crippen molar-refractivity contribution in [3.05, 3.63) is 0 Å². The average molecular weight is 533 g/mol. The number of Topliss-reactive ketones (excluding diaryl/α,β-unsaturated/α-hetero) is 4. The van der Waals surface area contributed by atoms with Gasteiger partial charge in [-0.25, -0.2) is 0 Å². The van der Waals surface area contributed by atoms with E-state index in [0.717, 1.165) is 90.3 Å². The van der Waals surface area contributed by atoms with Gasteiger partial charge in [-0.15, -0.1) is 0 Å². The Kier molecular flexibility index (Phi) is 13.6. The van der Waals surface area contributed by atoms with Gasteiger partial charge >= 0.3 is 0 Å².